The van der Waals surface area contributed by atoms with E-state index in [1.54, 1.807) is 23.8 Å². The number of fused-ring (bicyclic) bond motifs is 1. The van der Waals surface area contributed by atoms with Crippen molar-refractivity contribution in [2.24, 2.45) is 22.2 Å². The van der Waals surface area contributed by atoms with Crippen LogP contribution in [0.2, 0.25) is 0 Å². The first-order valence-corrected chi connectivity index (χ1v) is 22.8. The third-order valence-electron chi connectivity index (χ3n) is 11.9. The summed E-state index contributed by atoms with van der Waals surface area (Å²) in [5.41, 5.74) is 1.02. The van der Waals surface area contributed by atoms with Gasteiger partial charge in [0.2, 0.25) is 21.8 Å². The molecule has 2 saturated carbocycles. The largest absolute Gasteiger partial charge is 0.496 e. The number of hydrogen-bond donors (Lipinski definition) is 3. The zero-order valence-corrected chi connectivity index (χ0v) is 36.3. The Hall–Kier alpha value is -4.37. The molecule has 2 aliphatic carbocycles. The highest BCUT2D eigenvalue weighted by Gasteiger charge is 2.62. The molecule has 4 aliphatic rings. The first-order valence-electron chi connectivity index (χ1n) is 20.3. The number of aromatic nitrogens is 1. The lowest BCUT2D eigenvalue weighted by Gasteiger charge is -2.36. The molecule has 0 bridgehead atoms. The molecule has 3 amide bonds. The van der Waals surface area contributed by atoms with E-state index in [1.807, 2.05) is 83.1 Å². The second-order valence-corrected chi connectivity index (χ2v) is 20.6. The monoisotopic (exact) mass is 832 g/mol. The Bertz CT molecular complexity index is 2220. The van der Waals surface area contributed by atoms with Gasteiger partial charge in [0.05, 0.1) is 36.2 Å². The van der Waals surface area contributed by atoms with Gasteiger partial charge >= 0.3 is 0 Å². The van der Waals surface area contributed by atoms with Gasteiger partial charge in [0.25, 0.3) is 5.91 Å². The predicted octanol–water partition coefficient (Wildman–Crippen LogP) is 5.84. The molecule has 312 valence electrons. The van der Waals surface area contributed by atoms with Crippen LogP contribution in [0.25, 0.3) is 10.9 Å². The highest BCUT2D eigenvalue weighted by molar-refractivity contribution is 8.14. The van der Waals surface area contributed by atoms with Gasteiger partial charge in [-0.1, -0.05) is 66.2 Å². The van der Waals surface area contributed by atoms with E-state index in [9.17, 15) is 22.8 Å². The van der Waals surface area contributed by atoms with Crippen LogP contribution in [0, 0.1) is 24.2 Å². The minimum atomic E-state index is -3.85. The van der Waals surface area contributed by atoms with Crippen LogP contribution < -0.4 is 24.8 Å². The highest BCUT2D eigenvalue weighted by Crippen LogP contribution is 2.47. The average molecular weight is 833 g/mol. The molecule has 3 N–H and O–H groups in total. The number of likely N-dealkylation sites (tertiary alicyclic amines) is 1. The number of aliphatic imine (C=N–C) groups is 1. The van der Waals surface area contributed by atoms with Crippen LogP contribution >= 0.6 is 11.8 Å². The summed E-state index contributed by atoms with van der Waals surface area (Å²) in [5, 5.41) is 7.38. The van der Waals surface area contributed by atoms with E-state index in [1.165, 1.54) is 0 Å². The molecule has 7 rings (SSSR count). The smallest absolute Gasteiger partial charge is 0.259 e. The third-order valence-corrected chi connectivity index (χ3v) is 14.8. The van der Waals surface area contributed by atoms with Gasteiger partial charge in [0.1, 0.15) is 40.3 Å². The molecule has 0 spiro atoms. The van der Waals surface area contributed by atoms with Gasteiger partial charge in [-0.25, -0.2) is 13.4 Å². The summed E-state index contributed by atoms with van der Waals surface area (Å²) in [6.07, 6.45) is 1.37. The molecule has 2 aliphatic heterocycles. The Morgan fingerprint density at radius 3 is 2.40 bits per heavy atom. The van der Waals surface area contributed by atoms with Crippen molar-refractivity contribution < 1.29 is 32.3 Å². The summed E-state index contributed by atoms with van der Waals surface area (Å²) in [4.78, 5) is 54.8. The predicted molar refractivity (Wildman–Crippen MR) is 228 cm³/mol. The number of ether oxygens (including phenoxy) is 2. The number of rotatable bonds is 14. The number of nitrogens with one attached hydrogen (secondary N) is 3. The van der Waals surface area contributed by atoms with Crippen molar-refractivity contribution in [2.75, 3.05) is 24.7 Å². The van der Waals surface area contributed by atoms with Crippen LogP contribution in [0.3, 0.4) is 0 Å². The Morgan fingerprint density at radius 1 is 1.07 bits per heavy atom. The molecule has 3 fully saturated rings. The minimum absolute atomic E-state index is 0.0891. The molecule has 6 atom stereocenters. The summed E-state index contributed by atoms with van der Waals surface area (Å²) >= 11 is 1.66. The molecule has 13 nitrogen and oxygen atoms in total. The molecule has 58 heavy (non-hydrogen) atoms. The summed E-state index contributed by atoms with van der Waals surface area (Å²) in [6.45, 7) is 14.2. The van der Waals surface area contributed by atoms with E-state index < -0.39 is 56.2 Å². The van der Waals surface area contributed by atoms with Crippen LogP contribution in [0.15, 0.2) is 53.5 Å². The quantitative estimate of drug-likeness (QED) is 0.180. The summed E-state index contributed by atoms with van der Waals surface area (Å²) in [6, 6.07) is 13.6. The minimum Gasteiger partial charge on any atom is -0.496 e. The van der Waals surface area contributed by atoms with Crippen molar-refractivity contribution in [1.82, 2.24) is 19.9 Å². The molecule has 1 unspecified atom stereocenters. The second-order valence-electron chi connectivity index (χ2n) is 17.6. The maximum absolute atomic E-state index is 14.9. The zero-order chi connectivity index (χ0) is 41.7. The zero-order valence-electron chi connectivity index (χ0n) is 34.6. The van der Waals surface area contributed by atoms with Gasteiger partial charge in [-0.3, -0.25) is 24.1 Å². The van der Waals surface area contributed by atoms with E-state index in [0.717, 1.165) is 27.4 Å². The van der Waals surface area contributed by atoms with Crippen LogP contribution in [-0.4, -0.2) is 95.5 Å². The molecule has 15 heteroatoms. The number of sulfonamides is 1. The van der Waals surface area contributed by atoms with Crippen LogP contribution in [0.4, 0.5) is 5.69 Å². The topological polar surface area (TPSA) is 168 Å². The van der Waals surface area contributed by atoms with Gasteiger partial charge in [-0.05, 0) is 67.7 Å². The lowest BCUT2D eigenvalue weighted by molar-refractivity contribution is -0.141. The highest BCUT2D eigenvalue weighted by atomic mass is 32.2. The van der Waals surface area contributed by atoms with Crippen LogP contribution in [-0.2, 0) is 24.4 Å². The Balaban J connectivity index is 1.24. The van der Waals surface area contributed by atoms with Gasteiger partial charge in [0.15, 0.2) is 0 Å². The van der Waals surface area contributed by atoms with Gasteiger partial charge in [0, 0.05) is 34.9 Å². The fourth-order valence-corrected chi connectivity index (χ4v) is 10.7. The van der Waals surface area contributed by atoms with Gasteiger partial charge in [-0.15, -0.1) is 11.8 Å². The maximum atomic E-state index is 14.9. The number of aryl methyl sites for hydroxylation is 1. The summed E-state index contributed by atoms with van der Waals surface area (Å²) < 4.78 is 40.5. The number of carbonyl (C=O) groups is 3. The van der Waals surface area contributed by atoms with Gasteiger partial charge < -0.3 is 25.0 Å². The molecule has 3 aromatic rings. The normalized spacial score (nSPS) is 25.0. The average Bonchev–Trinajstić information content (AvgIpc) is 4.06. The van der Waals surface area contributed by atoms with E-state index in [0.29, 0.717) is 54.3 Å². The van der Waals surface area contributed by atoms with Crippen molar-refractivity contribution in [3.63, 3.8) is 0 Å². The first-order chi connectivity index (χ1) is 27.4. The summed E-state index contributed by atoms with van der Waals surface area (Å²) in [7, 11) is -2.23. The van der Waals surface area contributed by atoms with Crippen molar-refractivity contribution >= 4 is 61.1 Å². The van der Waals surface area contributed by atoms with E-state index in [-0.39, 0.29) is 30.8 Å². The number of para-hydroxylation sites is 1. The van der Waals surface area contributed by atoms with Crippen molar-refractivity contribution in [1.29, 1.82) is 0 Å². The number of hydrogen-bond acceptors (Lipinski definition) is 11. The third kappa shape index (κ3) is 8.39. The van der Waals surface area contributed by atoms with Crippen molar-refractivity contribution in [3.05, 3.63) is 59.8 Å². The Kier molecular flexibility index (Phi) is 11.5. The molecule has 0 radical (unpaired) electrons. The molecule has 3 heterocycles. The molecule has 2 aromatic carbocycles. The van der Waals surface area contributed by atoms with Gasteiger partial charge in [-0.2, -0.15) is 0 Å². The maximum Gasteiger partial charge on any atom is 0.259 e. The number of amides is 3. The number of pyridine rings is 1. The standard InChI is InChI=1S/C43H56N6O7S2/c1-9-26-21-43(26,41(52)48-58(53,54)29-15-16-29)47-38(50)33-19-28(22-49(33)40(51)37(42(5,6)7)44-27-13-11-10-12-14-27)56-35-20-31(39-46-32(23-57-39)24(2)3)45-36-25(4)34(55-8)18-17-30(35)36/h10-14,17-18,20,24,26,28-29,32-33,37,44H,9,15-16,19,21-23H2,1-8H3,(H,47,50)(H,48,52)/t26-,28-,32?,33+,37-,43-/m1/s1. The Morgan fingerprint density at radius 2 is 1.79 bits per heavy atom. The SMILES string of the molecule is CC[C@@H]1C[C@]1(NC(=O)[C@@H]1C[C@@H](Oc2cc(C3=NC(C(C)C)CS3)nc3c(C)c(OC)ccc23)CN1C(=O)[C@@H](Nc1ccccc1)C(C)(C)C)C(=O)NS(=O)(=O)C1CC1. The number of thioether (sulfide) groups is 1. The van der Waals surface area contributed by atoms with E-state index >= 15 is 0 Å². The number of nitrogens with zero attached hydrogens (tertiary/aromatic N) is 3. The van der Waals surface area contributed by atoms with Crippen LogP contribution in [0.1, 0.15) is 84.9 Å². The molecular weight excluding hydrogens is 777 g/mol. The van der Waals surface area contributed by atoms with E-state index in [4.69, 9.17) is 19.5 Å². The lowest BCUT2D eigenvalue weighted by atomic mass is 9.85. The fraction of sp³-hybridized carbons (Fsp3) is 0.558. The number of carbonyl (C=O) groups excluding carboxylic acids is 3. The lowest BCUT2D eigenvalue weighted by Crippen LogP contribution is -2.58. The number of anilines is 1. The Labute approximate surface area is 345 Å². The van der Waals surface area contributed by atoms with E-state index in [2.05, 4.69) is 29.2 Å². The fourth-order valence-electron chi connectivity index (χ4n) is 8.04. The number of benzene rings is 2. The second kappa shape index (κ2) is 16.0. The first kappa shape index (κ1) is 41.8. The van der Waals surface area contributed by atoms with Crippen molar-refractivity contribution in [3.8, 4) is 11.5 Å². The molecular formula is C43H56N6O7S2. The summed E-state index contributed by atoms with van der Waals surface area (Å²) in [5.74, 6) is 0.659. The number of methoxy groups -OCH3 is 1. The van der Waals surface area contributed by atoms with Crippen LogP contribution in [0.5, 0.6) is 11.5 Å². The van der Waals surface area contributed by atoms with Crippen molar-refractivity contribution in [2.45, 2.75) is 116 Å². The molecule has 1 saturated heterocycles. The molecule has 1 aromatic heterocycles.